The molecule has 5 nitrogen and oxygen atoms in total. The van der Waals surface area contributed by atoms with E-state index in [1.165, 1.54) is 50.3 Å². The molecule has 0 heterocycles. The number of carbonyl (C=O) groups excluding carboxylic acids is 3. The van der Waals surface area contributed by atoms with Crippen LogP contribution in [0.2, 0.25) is 0 Å². The quantitative estimate of drug-likeness (QED) is 0.226. The molecule has 0 fully saturated rings. The van der Waals surface area contributed by atoms with Crippen molar-refractivity contribution in [3.05, 3.63) is 107 Å². The van der Waals surface area contributed by atoms with Crippen LogP contribution in [0, 0.1) is 27.7 Å². The molecule has 0 bridgehead atoms. The van der Waals surface area contributed by atoms with E-state index in [1.54, 1.807) is 0 Å². The van der Waals surface area contributed by atoms with Crippen LogP contribution in [0.5, 0.6) is 0 Å². The molecular formula is C37H58O5. The first kappa shape index (κ1) is 45.3. The maximum Gasteiger partial charge on any atom is 0.302 e. The molecule has 0 aliphatic carbocycles. The molecule has 42 heavy (non-hydrogen) atoms. The Morgan fingerprint density at radius 1 is 0.548 bits per heavy atom. The summed E-state index contributed by atoms with van der Waals surface area (Å²) in [5.74, 6) is -0.229. The van der Waals surface area contributed by atoms with Crippen LogP contribution in [-0.4, -0.2) is 31.9 Å². The van der Waals surface area contributed by atoms with Gasteiger partial charge in [0.2, 0.25) is 0 Å². The number of benzene rings is 3. The highest BCUT2D eigenvalue weighted by atomic mass is 16.5. The summed E-state index contributed by atoms with van der Waals surface area (Å²) in [4.78, 5) is 30.6. The van der Waals surface area contributed by atoms with Crippen molar-refractivity contribution in [1.29, 1.82) is 0 Å². The van der Waals surface area contributed by atoms with Crippen molar-refractivity contribution in [3.63, 3.8) is 0 Å². The highest BCUT2D eigenvalue weighted by Gasteiger charge is 2.02. The number of unbranched alkanes of at least 4 members (excludes halogenated alkanes) is 1. The Morgan fingerprint density at radius 2 is 0.810 bits per heavy atom. The lowest BCUT2D eigenvalue weighted by Gasteiger charge is -1.97. The lowest BCUT2D eigenvalue weighted by Crippen LogP contribution is -1.97. The van der Waals surface area contributed by atoms with Crippen molar-refractivity contribution in [2.45, 2.75) is 95.4 Å². The lowest BCUT2D eigenvalue weighted by atomic mass is 10.1. The molecule has 3 rings (SSSR count). The molecule has 0 N–H and O–H groups in total. The van der Waals surface area contributed by atoms with Crippen LogP contribution < -0.4 is 0 Å². The van der Waals surface area contributed by atoms with Gasteiger partial charge >= 0.3 is 11.9 Å². The fraction of sp³-hybridized carbons (Fsp3) is 0.432. The van der Waals surface area contributed by atoms with Gasteiger partial charge in [-0.1, -0.05) is 120 Å². The third-order valence-corrected chi connectivity index (χ3v) is 5.28. The Kier molecular flexibility index (Phi) is 36.1. The van der Waals surface area contributed by atoms with Gasteiger partial charge in [-0.2, -0.15) is 0 Å². The maximum absolute atomic E-state index is 11.4. The molecule has 3 aromatic rings. The van der Waals surface area contributed by atoms with Gasteiger partial charge in [-0.15, -0.1) is 0 Å². The predicted octanol–water partition coefficient (Wildman–Crippen LogP) is 10.1. The molecular weight excluding hydrogens is 524 g/mol. The second-order valence-electron chi connectivity index (χ2n) is 8.45. The molecule has 0 aliphatic rings. The molecule has 5 heteroatoms. The number of Topliss-reactive ketones (excluding diaryl/α,β-unsaturated/α-hetero) is 1. The molecule has 3 aromatic carbocycles. The summed E-state index contributed by atoms with van der Waals surface area (Å²) in [7, 11) is 2.70. The molecule has 0 aromatic heterocycles. The summed E-state index contributed by atoms with van der Waals surface area (Å²) in [6.45, 7) is 21.3. The third kappa shape index (κ3) is 30.8. The van der Waals surface area contributed by atoms with Gasteiger partial charge in [0.05, 0.1) is 14.2 Å². The molecule has 0 unspecified atom stereocenters. The SMILES string of the molecule is CC.CC.CCCCC(=O)c1ccccc1.COC(C)=O.COC(C)=O.Cc1ccccc1C.Cc1ccccc1C. The van der Waals surface area contributed by atoms with Crippen LogP contribution in [0.4, 0.5) is 0 Å². The zero-order chi connectivity index (χ0) is 33.3. The summed E-state index contributed by atoms with van der Waals surface area (Å²) < 4.78 is 8.22. The van der Waals surface area contributed by atoms with Gasteiger partial charge in [0.15, 0.2) is 5.78 Å². The maximum atomic E-state index is 11.4. The minimum absolute atomic E-state index is 0.245. The largest absolute Gasteiger partial charge is 0.469 e. The number of carbonyl (C=O) groups is 3. The number of aryl methyl sites for hydroxylation is 4. The van der Waals surface area contributed by atoms with Gasteiger partial charge in [-0.25, -0.2) is 0 Å². The van der Waals surface area contributed by atoms with Crippen molar-refractivity contribution in [2.24, 2.45) is 0 Å². The number of rotatable bonds is 4. The zero-order valence-electron chi connectivity index (χ0n) is 28.7. The van der Waals surface area contributed by atoms with Crippen molar-refractivity contribution in [2.75, 3.05) is 14.2 Å². The standard InChI is InChI=1S/C11H14O.2C8H10.2C3H6O2.2C2H6/c1-2-3-9-11(12)10-7-5-4-6-8-10;2*1-7-5-3-4-6-8(7)2;2*1-3(4)5-2;2*1-2/h4-8H,2-3,9H2,1H3;2*3-6H,1-2H3;2*1-2H3;2*1-2H3. The number of esters is 2. The van der Waals surface area contributed by atoms with Gasteiger partial charge in [0.1, 0.15) is 0 Å². The van der Waals surface area contributed by atoms with E-state index in [-0.39, 0.29) is 17.7 Å². The summed E-state index contributed by atoms with van der Waals surface area (Å²) in [5.41, 5.74) is 6.31. The highest BCUT2D eigenvalue weighted by molar-refractivity contribution is 5.95. The van der Waals surface area contributed by atoms with Crippen LogP contribution in [0.25, 0.3) is 0 Å². The molecule has 0 saturated carbocycles. The van der Waals surface area contributed by atoms with Crippen LogP contribution >= 0.6 is 0 Å². The summed E-state index contributed by atoms with van der Waals surface area (Å²) >= 11 is 0. The number of ether oxygens (including phenoxy) is 2. The van der Waals surface area contributed by atoms with Crippen LogP contribution in [0.3, 0.4) is 0 Å². The average Bonchev–Trinajstić information content (AvgIpc) is 3.02. The number of ketones is 1. The summed E-state index contributed by atoms with van der Waals surface area (Å²) in [6.07, 6.45) is 2.76. The molecule has 0 amide bonds. The van der Waals surface area contributed by atoms with Crippen molar-refractivity contribution < 1.29 is 23.9 Å². The van der Waals surface area contributed by atoms with Crippen LogP contribution in [0.1, 0.15) is 100 Å². The van der Waals surface area contributed by atoms with E-state index in [9.17, 15) is 14.4 Å². The first-order chi connectivity index (χ1) is 20.0. The summed E-state index contributed by atoms with van der Waals surface area (Å²) in [6, 6.07) is 26.2. The normalized spacial score (nSPS) is 8.21. The van der Waals surface area contributed by atoms with Gasteiger partial charge in [-0.05, 0) is 56.4 Å². The van der Waals surface area contributed by atoms with Gasteiger partial charge in [-0.3, -0.25) is 14.4 Å². The Morgan fingerprint density at radius 3 is 1.02 bits per heavy atom. The average molecular weight is 583 g/mol. The van der Waals surface area contributed by atoms with Gasteiger partial charge < -0.3 is 9.47 Å². The molecule has 0 aliphatic heterocycles. The van der Waals surface area contributed by atoms with Crippen LogP contribution in [0.15, 0.2) is 78.9 Å². The predicted molar refractivity (Wildman–Crippen MR) is 180 cm³/mol. The monoisotopic (exact) mass is 582 g/mol. The zero-order valence-corrected chi connectivity index (χ0v) is 28.7. The van der Waals surface area contributed by atoms with E-state index in [0.29, 0.717) is 6.42 Å². The van der Waals surface area contributed by atoms with Crippen molar-refractivity contribution >= 4 is 17.7 Å². The minimum Gasteiger partial charge on any atom is -0.469 e. The third-order valence-electron chi connectivity index (χ3n) is 5.28. The second-order valence-corrected chi connectivity index (χ2v) is 8.45. The topological polar surface area (TPSA) is 69.7 Å². The molecule has 0 atom stereocenters. The van der Waals surface area contributed by atoms with E-state index in [4.69, 9.17) is 0 Å². The second kappa shape index (κ2) is 33.5. The Hall–Kier alpha value is -3.73. The Labute approximate surface area is 257 Å². The van der Waals surface area contributed by atoms with Gasteiger partial charge in [0.25, 0.3) is 0 Å². The number of methoxy groups -OCH3 is 2. The fourth-order valence-electron chi connectivity index (χ4n) is 2.43. The molecule has 0 radical (unpaired) electrons. The fourth-order valence-corrected chi connectivity index (χ4v) is 2.43. The van der Waals surface area contributed by atoms with E-state index in [0.717, 1.165) is 18.4 Å². The van der Waals surface area contributed by atoms with Gasteiger partial charge in [0, 0.05) is 25.8 Å². The smallest absolute Gasteiger partial charge is 0.302 e. The highest BCUT2D eigenvalue weighted by Crippen LogP contribution is 2.06. The first-order valence-corrected chi connectivity index (χ1v) is 14.7. The molecule has 236 valence electrons. The lowest BCUT2D eigenvalue weighted by molar-refractivity contribution is -0.138. The Balaban J connectivity index is -0.000000216. The first-order valence-electron chi connectivity index (χ1n) is 14.7. The van der Waals surface area contributed by atoms with E-state index < -0.39 is 0 Å². The number of hydrogen-bond acceptors (Lipinski definition) is 5. The van der Waals surface area contributed by atoms with E-state index >= 15 is 0 Å². The molecule has 0 spiro atoms. The molecule has 0 saturated heterocycles. The van der Waals surface area contributed by atoms with E-state index in [2.05, 4.69) is 92.6 Å². The summed E-state index contributed by atoms with van der Waals surface area (Å²) in [5, 5.41) is 0. The Bertz CT molecular complexity index is 943. The number of hydrogen-bond donors (Lipinski definition) is 0. The van der Waals surface area contributed by atoms with E-state index in [1.807, 2.05) is 58.0 Å². The van der Waals surface area contributed by atoms with Crippen molar-refractivity contribution in [1.82, 2.24) is 0 Å². The van der Waals surface area contributed by atoms with Crippen molar-refractivity contribution in [3.8, 4) is 0 Å². The van der Waals surface area contributed by atoms with Crippen LogP contribution in [-0.2, 0) is 19.1 Å². The minimum atomic E-state index is -0.245.